The lowest BCUT2D eigenvalue weighted by Gasteiger charge is -2.08. The summed E-state index contributed by atoms with van der Waals surface area (Å²) in [5.41, 5.74) is 0. The van der Waals surface area contributed by atoms with Crippen LogP contribution in [0.25, 0.3) is 0 Å². The molecule has 0 aliphatic carbocycles. The summed E-state index contributed by atoms with van der Waals surface area (Å²) in [6, 6.07) is 0. The zero-order chi connectivity index (χ0) is 10.6. The Kier molecular flexibility index (Phi) is 3.51. The highest BCUT2D eigenvalue weighted by atomic mass is 32.2. The minimum absolute atomic E-state index is 0.0678. The minimum atomic E-state index is -3.01. The van der Waals surface area contributed by atoms with E-state index in [0.29, 0.717) is 6.42 Å². The van der Waals surface area contributed by atoms with E-state index in [0.717, 1.165) is 0 Å². The molecule has 0 aromatic rings. The molecular weight excluding hydrogens is 208 g/mol. The second-order valence-electron chi connectivity index (χ2n) is 2.99. The Hall–Kier alpha value is -1.04. The Balaban J connectivity index is 2.32. The van der Waals surface area contributed by atoms with Gasteiger partial charge in [-0.05, 0) is 6.42 Å². The second kappa shape index (κ2) is 4.45. The predicted molar refractivity (Wildman–Crippen MR) is 49.7 cm³/mol. The number of carbonyl (C=O) groups excluding carboxylic acids is 1. The average Bonchev–Trinajstić information content (AvgIpc) is 2.42. The molecule has 0 aromatic heterocycles. The van der Waals surface area contributed by atoms with Crippen molar-refractivity contribution in [2.24, 2.45) is 0 Å². The van der Waals surface area contributed by atoms with Gasteiger partial charge in [0, 0.05) is 0 Å². The lowest BCUT2D eigenvalue weighted by Crippen LogP contribution is -2.20. The molecule has 1 aliphatic heterocycles. The summed E-state index contributed by atoms with van der Waals surface area (Å²) in [6.07, 6.45) is 0.363. The molecule has 1 rings (SSSR count). The molecule has 0 saturated carbocycles. The van der Waals surface area contributed by atoms with Crippen molar-refractivity contribution >= 4 is 16.0 Å². The summed E-state index contributed by atoms with van der Waals surface area (Å²) in [4.78, 5) is 10.9. The highest BCUT2D eigenvalue weighted by Gasteiger charge is 2.30. The molecule has 1 heterocycles. The molecule has 6 heteroatoms. The van der Waals surface area contributed by atoms with Gasteiger partial charge in [0.25, 0.3) is 0 Å². The maximum absolute atomic E-state index is 11.0. The van der Waals surface area contributed by atoms with Gasteiger partial charge in [0.05, 0.1) is 11.5 Å². The van der Waals surface area contributed by atoms with Crippen molar-refractivity contribution < 1.29 is 22.7 Å². The first-order valence-corrected chi connectivity index (χ1v) is 6.00. The van der Waals surface area contributed by atoms with E-state index in [2.05, 4.69) is 11.3 Å². The Bertz CT molecular complexity index is 319. The van der Waals surface area contributed by atoms with Crippen LogP contribution < -0.4 is 0 Å². The monoisotopic (exact) mass is 220 g/mol. The fourth-order valence-electron chi connectivity index (χ4n) is 1.15. The molecular formula is C8H12O5S. The number of ether oxygens (including phenoxy) is 2. The van der Waals surface area contributed by atoms with Crippen molar-refractivity contribution in [3.05, 3.63) is 12.7 Å². The molecule has 1 fully saturated rings. The molecule has 1 saturated heterocycles. The molecule has 1 atom stereocenters. The van der Waals surface area contributed by atoms with Crippen LogP contribution in [-0.4, -0.2) is 38.8 Å². The summed E-state index contributed by atoms with van der Waals surface area (Å²) in [7, 11) is -3.01. The number of rotatable bonds is 3. The summed E-state index contributed by atoms with van der Waals surface area (Å²) in [6.45, 7) is 3.43. The average molecular weight is 220 g/mol. The quantitative estimate of drug-likeness (QED) is 0.512. The van der Waals surface area contributed by atoms with Gasteiger partial charge >= 0.3 is 6.16 Å². The number of carbonyl (C=O) groups is 1. The highest BCUT2D eigenvalue weighted by Crippen LogP contribution is 2.15. The van der Waals surface area contributed by atoms with Gasteiger partial charge in [-0.3, -0.25) is 0 Å². The van der Waals surface area contributed by atoms with Crippen molar-refractivity contribution in [1.82, 2.24) is 0 Å². The lowest BCUT2D eigenvalue weighted by atomic mass is 10.3. The Morgan fingerprint density at radius 2 is 2.29 bits per heavy atom. The first-order valence-electron chi connectivity index (χ1n) is 4.18. The fourth-order valence-corrected chi connectivity index (χ4v) is 2.74. The van der Waals surface area contributed by atoms with Crippen LogP contribution >= 0.6 is 0 Å². The van der Waals surface area contributed by atoms with Crippen molar-refractivity contribution in [3.8, 4) is 0 Å². The Morgan fingerprint density at radius 1 is 1.57 bits per heavy atom. The minimum Gasteiger partial charge on any atom is -0.430 e. The summed E-state index contributed by atoms with van der Waals surface area (Å²) in [5, 5.41) is 0. The van der Waals surface area contributed by atoms with Crippen LogP contribution in [0.2, 0.25) is 0 Å². The van der Waals surface area contributed by atoms with Gasteiger partial charge in [0.2, 0.25) is 0 Å². The van der Waals surface area contributed by atoms with Crippen LogP contribution in [0.15, 0.2) is 12.7 Å². The molecule has 1 aliphatic rings. The second-order valence-corrected chi connectivity index (χ2v) is 5.22. The molecule has 0 unspecified atom stereocenters. The molecule has 0 radical (unpaired) electrons. The van der Waals surface area contributed by atoms with Gasteiger partial charge in [-0.25, -0.2) is 13.2 Å². The Labute approximate surface area is 82.6 Å². The number of hydrogen-bond donors (Lipinski definition) is 0. The highest BCUT2D eigenvalue weighted by molar-refractivity contribution is 7.91. The first kappa shape index (κ1) is 11.0. The van der Waals surface area contributed by atoms with Crippen molar-refractivity contribution in [1.29, 1.82) is 0 Å². The van der Waals surface area contributed by atoms with E-state index in [1.807, 2.05) is 0 Å². The van der Waals surface area contributed by atoms with Crippen LogP contribution in [0, 0.1) is 0 Å². The van der Waals surface area contributed by atoms with Crippen LogP contribution in [0.4, 0.5) is 4.79 Å². The van der Waals surface area contributed by atoms with Crippen LogP contribution in [0.3, 0.4) is 0 Å². The third-order valence-corrected chi connectivity index (χ3v) is 3.51. The van der Waals surface area contributed by atoms with Gasteiger partial charge < -0.3 is 9.47 Å². The lowest BCUT2D eigenvalue weighted by molar-refractivity contribution is 0.0380. The van der Waals surface area contributed by atoms with Gasteiger partial charge in [-0.1, -0.05) is 12.7 Å². The maximum Gasteiger partial charge on any atom is 0.508 e. The van der Waals surface area contributed by atoms with E-state index in [4.69, 9.17) is 4.74 Å². The fraction of sp³-hybridized carbons (Fsp3) is 0.625. The smallest absolute Gasteiger partial charge is 0.430 e. The van der Waals surface area contributed by atoms with Crippen LogP contribution in [0.1, 0.15) is 6.42 Å². The molecule has 5 nitrogen and oxygen atoms in total. The standard InChI is InChI=1S/C8H12O5S/c1-2-4-12-8(9)13-7-3-5-14(10,11)6-7/h2,7H,1,3-6H2/t7-/m0/s1. The van der Waals surface area contributed by atoms with E-state index in [9.17, 15) is 13.2 Å². The van der Waals surface area contributed by atoms with Gasteiger partial charge in [-0.2, -0.15) is 0 Å². The van der Waals surface area contributed by atoms with Gasteiger partial charge in [0.1, 0.15) is 12.7 Å². The van der Waals surface area contributed by atoms with Crippen LogP contribution in [0.5, 0.6) is 0 Å². The van der Waals surface area contributed by atoms with Gasteiger partial charge in [0.15, 0.2) is 9.84 Å². The van der Waals surface area contributed by atoms with Gasteiger partial charge in [-0.15, -0.1) is 0 Å². The van der Waals surface area contributed by atoms with E-state index in [-0.39, 0.29) is 18.1 Å². The summed E-state index contributed by atoms with van der Waals surface area (Å²) < 4.78 is 31.3. The van der Waals surface area contributed by atoms with Crippen molar-refractivity contribution in [2.45, 2.75) is 12.5 Å². The molecule has 0 N–H and O–H groups in total. The topological polar surface area (TPSA) is 69.7 Å². The van der Waals surface area contributed by atoms with E-state index < -0.39 is 22.1 Å². The third-order valence-electron chi connectivity index (χ3n) is 1.77. The summed E-state index contributed by atoms with van der Waals surface area (Å²) >= 11 is 0. The Morgan fingerprint density at radius 3 is 2.79 bits per heavy atom. The zero-order valence-electron chi connectivity index (χ0n) is 7.64. The zero-order valence-corrected chi connectivity index (χ0v) is 8.46. The number of sulfone groups is 1. The third kappa shape index (κ3) is 3.37. The molecule has 0 amide bonds. The van der Waals surface area contributed by atoms with E-state index in [1.165, 1.54) is 6.08 Å². The largest absolute Gasteiger partial charge is 0.508 e. The molecule has 0 bridgehead atoms. The number of hydrogen-bond acceptors (Lipinski definition) is 5. The predicted octanol–water partition coefficient (Wildman–Crippen LogP) is 0.513. The first-order chi connectivity index (χ1) is 6.53. The molecule has 14 heavy (non-hydrogen) atoms. The molecule has 0 spiro atoms. The van der Waals surface area contributed by atoms with Crippen LogP contribution in [-0.2, 0) is 19.3 Å². The van der Waals surface area contributed by atoms with E-state index >= 15 is 0 Å². The van der Waals surface area contributed by atoms with Crippen molar-refractivity contribution in [3.63, 3.8) is 0 Å². The SMILES string of the molecule is C=CCOC(=O)O[C@H]1CCS(=O)(=O)C1. The maximum atomic E-state index is 11.0. The molecule has 0 aromatic carbocycles. The summed E-state index contributed by atoms with van der Waals surface area (Å²) in [5.74, 6) is -0.0252. The van der Waals surface area contributed by atoms with E-state index in [1.54, 1.807) is 0 Å². The molecule has 80 valence electrons. The van der Waals surface area contributed by atoms with Crippen molar-refractivity contribution in [2.75, 3.05) is 18.1 Å². The normalized spacial score (nSPS) is 24.1.